The van der Waals surface area contributed by atoms with Crippen LogP contribution in [0.15, 0.2) is 0 Å². The molecule has 3 heteroatoms. The molecule has 1 amide bonds. The minimum atomic E-state index is -0.347. The van der Waals surface area contributed by atoms with Crippen molar-refractivity contribution in [3.63, 3.8) is 0 Å². The van der Waals surface area contributed by atoms with E-state index in [1.807, 2.05) is 13.8 Å². The predicted molar refractivity (Wildman–Crippen MR) is 60.5 cm³/mol. The Morgan fingerprint density at radius 2 is 2.07 bits per heavy atom. The standard InChI is InChI=1S/C12H23NO2/c1-3-9(2)12(15)13-10-7-5-4-6-8-11(10)14/h9-11,14H,3-8H2,1-2H3,(H,13,15). The molecule has 1 saturated carbocycles. The maximum atomic E-state index is 11.7. The van der Waals surface area contributed by atoms with Gasteiger partial charge in [0.05, 0.1) is 12.1 Å². The van der Waals surface area contributed by atoms with Gasteiger partial charge in [0, 0.05) is 5.92 Å². The summed E-state index contributed by atoms with van der Waals surface area (Å²) in [6, 6.07) is -0.0194. The van der Waals surface area contributed by atoms with Crippen LogP contribution in [0, 0.1) is 5.92 Å². The van der Waals surface area contributed by atoms with Gasteiger partial charge in [-0.25, -0.2) is 0 Å². The summed E-state index contributed by atoms with van der Waals surface area (Å²) in [6.45, 7) is 3.94. The quantitative estimate of drug-likeness (QED) is 0.703. The van der Waals surface area contributed by atoms with Crippen molar-refractivity contribution in [2.45, 2.75) is 64.5 Å². The number of nitrogens with one attached hydrogen (secondary N) is 1. The molecule has 0 aromatic heterocycles. The van der Waals surface area contributed by atoms with E-state index in [2.05, 4.69) is 5.32 Å². The van der Waals surface area contributed by atoms with E-state index >= 15 is 0 Å². The fourth-order valence-electron chi connectivity index (χ4n) is 1.97. The van der Waals surface area contributed by atoms with Crippen LogP contribution in [0.3, 0.4) is 0 Å². The van der Waals surface area contributed by atoms with Gasteiger partial charge in [0.15, 0.2) is 0 Å². The number of aliphatic hydroxyl groups is 1. The first-order valence-electron chi connectivity index (χ1n) is 6.13. The molecule has 88 valence electrons. The Morgan fingerprint density at radius 1 is 1.40 bits per heavy atom. The van der Waals surface area contributed by atoms with Crippen LogP contribution >= 0.6 is 0 Å². The molecule has 1 aliphatic rings. The molecule has 0 aromatic rings. The van der Waals surface area contributed by atoms with Crippen molar-refractivity contribution >= 4 is 5.91 Å². The summed E-state index contributed by atoms with van der Waals surface area (Å²) in [4.78, 5) is 11.7. The fraction of sp³-hybridized carbons (Fsp3) is 0.917. The fourth-order valence-corrected chi connectivity index (χ4v) is 1.97. The van der Waals surface area contributed by atoms with E-state index in [-0.39, 0.29) is 24.0 Å². The van der Waals surface area contributed by atoms with Crippen LogP contribution in [0.1, 0.15) is 52.4 Å². The Labute approximate surface area is 92.3 Å². The van der Waals surface area contributed by atoms with Gasteiger partial charge in [-0.15, -0.1) is 0 Å². The van der Waals surface area contributed by atoms with Crippen LogP contribution in [-0.2, 0) is 4.79 Å². The molecule has 0 saturated heterocycles. The van der Waals surface area contributed by atoms with Gasteiger partial charge in [-0.05, 0) is 19.3 Å². The number of carbonyl (C=O) groups is 1. The van der Waals surface area contributed by atoms with Gasteiger partial charge in [0.1, 0.15) is 0 Å². The van der Waals surface area contributed by atoms with Crippen molar-refractivity contribution in [1.29, 1.82) is 0 Å². The van der Waals surface area contributed by atoms with E-state index < -0.39 is 0 Å². The highest BCUT2D eigenvalue weighted by Crippen LogP contribution is 2.18. The zero-order valence-corrected chi connectivity index (χ0v) is 9.83. The van der Waals surface area contributed by atoms with Crippen LogP contribution in [0.25, 0.3) is 0 Å². The molecule has 2 N–H and O–H groups in total. The molecule has 0 heterocycles. The van der Waals surface area contributed by atoms with Crippen molar-refractivity contribution in [2.75, 3.05) is 0 Å². The zero-order chi connectivity index (χ0) is 11.3. The molecule has 3 atom stereocenters. The number of aliphatic hydroxyl groups excluding tert-OH is 1. The minimum absolute atomic E-state index is 0.0194. The molecule has 15 heavy (non-hydrogen) atoms. The highest BCUT2D eigenvalue weighted by Gasteiger charge is 2.24. The van der Waals surface area contributed by atoms with Gasteiger partial charge in [0.25, 0.3) is 0 Å². The number of hydrogen-bond acceptors (Lipinski definition) is 2. The van der Waals surface area contributed by atoms with E-state index in [9.17, 15) is 9.90 Å². The summed E-state index contributed by atoms with van der Waals surface area (Å²) < 4.78 is 0. The summed E-state index contributed by atoms with van der Waals surface area (Å²) >= 11 is 0. The van der Waals surface area contributed by atoms with Crippen molar-refractivity contribution in [3.05, 3.63) is 0 Å². The maximum Gasteiger partial charge on any atom is 0.223 e. The van der Waals surface area contributed by atoms with Gasteiger partial charge in [0.2, 0.25) is 5.91 Å². The first-order chi connectivity index (χ1) is 7.15. The molecule has 1 fully saturated rings. The Morgan fingerprint density at radius 3 is 2.73 bits per heavy atom. The SMILES string of the molecule is CCC(C)C(=O)NC1CCCCCC1O. The maximum absolute atomic E-state index is 11.7. The first-order valence-corrected chi connectivity index (χ1v) is 6.13. The molecule has 0 aliphatic heterocycles. The van der Waals surface area contributed by atoms with Crippen LogP contribution < -0.4 is 5.32 Å². The molecule has 0 spiro atoms. The number of rotatable bonds is 3. The van der Waals surface area contributed by atoms with Gasteiger partial charge in [-0.1, -0.05) is 33.1 Å². The van der Waals surface area contributed by atoms with E-state index in [1.165, 1.54) is 6.42 Å². The molecule has 1 aliphatic carbocycles. The van der Waals surface area contributed by atoms with Gasteiger partial charge < -0.3 is 10.4 Å². The van der Waals surface area contributed by atoms with Gasteiger partial charge in [-0.3, -0.25) is 4.79 Å². The van der Waals surface area contributed by atoms with Crippen LogP contribution in [-0.4, -0.2) is 23.2 Å². The predicted octanol–water partition coefficient (Wildman–Crippen LogP) is 1.84. The van der Waals surface area contributed by atoms with Crippen LogP contribution in [0.4, 0.5) is 0 Å². The Bertz CT molecular complexity index is 206. The third-order valence-electron chi connectivity index (χ3n) is 3.37. The molecule has 0 bridgehead atoms. The average molecular weight is 213 g/mol. The van der Waals surface area contributed by atoms with Gasteiger partial charge >= 0.3 is 0 Å². The van der Waals surface area contributed by atoms with E-state index in [0.717, 1.165) is 32.1 Å². The second-order valence-corrected chi connectivity index (χ2v) is 4.63. The van der Waals surface area contributed by atoms with Crippen molar-refractivity contribution in [1.82, 2.24) is 5.32 Å². The second kappa shape index (κ2) is 6.11. The number of amides is 1. The number of hydrogen-bond donors (Lipinski definition) is 2. The summed E-state index contributed by atoms with van der Waals surface area (Å²) in [6.07, 6.45) is 5.62. The smallest absolute Gasteiger partial charge is 0.223 e. The molecule has 0 aromatic carbocycles. The highest BCUT2D eigenvalue weighted by molar-refractivity contribution is 5.78. The lowest BCUT2D eigenvalue weighted by atomic mass is 10.0. The van der Waals surface area contributed by atoms with Crippen LogP contribution in [0.2, 0.25) is 0 Å². The largest absolute Gasteiger partial charge is 0.391 e. The zero-order valence-electron chi connectivity index (χ0n) is 9.83. The molecule has 0 radical (unpaired) electrons. The van der Waals surface area contributed by atoms with Crippen LogP contribution in [0.5, 0.6) is 0 Å². The highest BCUT2D eigenvalue weighted by atomic mass is 16.3. The topological polar surface area (TPSA) is 49.3 Å². The second-order valence-electron chi connectivity index (χ2n) is 4.63. The summed E-state index contributed by atoms with van der Waals surface area (Å²) in [7, 11) is 0. The normalized spacial score (nSPS) is 29.3. The minimum Gasteiger partial charge on any atom is -0.391 e. The lowest BCUT2D eigenvalue weighted by Gasteiger charge is -2.23. The summed E-state index contributed by atoms with van der Waals surface area (Å²) in [5.74, 6) is 0.143. The van der Waals surface area contributed by atoms with Crippen molar-refractivity contribution < 1.29 is 9.90 Å². The van der Waals surface area contributed by atoms with Crippen molar-refractivity contribution in [2.24, 2.45) is 5.92 Å². The Kier molecular flexibility index (Phi) is 5.09. The Balaban J connectivity index is 2.44. The van der Waals surface area contributed by atoms with Crippen molar-refractivity contribution in [3.8, 4) is 0 Å². The summed E-state index contributed by atoms with van der Waals surface area (Å²) in [5, 5.41) is 12.8. The third-order valence-corrected chi connectivity index (χ3v) is 3.37. The molecule has 3 unspecified atom stereocenters. The third kappa shape index (κ3) is 3.82. The monoisotopic (exact) mass is 213 g/mol. The van der Waals surface area contributed by atoms with Gasteiger partial charge in [-0.2, -0.15) is 0 Å². The first kappa shape index (κ1) is 12.5. The Hall–Kier alpha value is -0.570. The molecular formula is C12H23NO2. The molecule has 1 rings (SSSR count). The summed E-state index contributed by atoms with van der Waals surface area (Å²) in [5.41, 5.74) is 0. The average Bonchev–Trinajstić information content (AvgIpc) is 2.43. The molecule has 3 nitrogen and oxygen atoms in total. The lowest BCUT2D eigenvalue weighted by molar-refractivity contribution is -0.126. The lowest BCUT2D eigenvalue weighted by Crippen LogP contribution is -2.44. The van der Waals surface area contributed by atoms with E-state index in [0.29, 0.717) is 0 Å². The molecular weight excluding hydrogens is 190 g/mol. The van der Waals surface area contributed by atoms with E-state index in [4.69, 9.17) is 0 Å². The van der Waals surface area contributed by atoms with E-state index in [1.54, 1.807) is 0 Å². The number of carbonyl (C=O) groups excluding carboxylic acids is 1.